The maximum Gasteiger partial charge on any atom is 0.274 e. The van der Waals surface area contributed by atoms with Crippen LogP contribution in [0.15, 0.2) is 65.4 Å². The molecular formula is C17H14BrN3O2. The molecular weight excluding hydrogens is 358 g/mol. The van der Waals surface area contributed by atoms with Crippen molar-refractivity contribution < 1.29 is 4.92 Å². The van der Waals surface area contributed by atoms with Gasteiger partial charge in [-0.1, -0.05) is 46.3 Å². The molecule has 0 saturated carbocycles. The molecule has 0 N–H and O–H groups in total. The molecule has 0 bridgehead atoms. The van der Waals surface area contributed by atoms with Gasteiger partial charge in [-0.3, -0.25) is 10.1 Å². The SMILES string of the molecule is O=[N+]([O-])c1ccccc1Cn1ccnc1Cc1cccc(Br)c1. The molecule has 2 aromatic carbocycles. The molecule has 5 nitrogen and oxygen atoms in total. The Labute approximate surface area is 141 Å². The largest absolute Gasteiger partial charge is 0.330 e. The van der Waals surface area contributed by atoms with Gasteiger partial charge in [-0.15, -0.1) is 0 Å². The van der Waals surface area contributed by atoms with E-state index in [9.17, 15) is 10.1 Å². The van der Waals surface area contributed by atoms with Crippen LogP contribution in [0, 0.1) is 10.1 Å². The molecule has 116 valence electrons. The van der Waals surface area contributed by atoms with Crippen LogP contribution in [0.25, 0.3) is 0 Å². The van der Waals surface area contributed by atoms with Crippen LogP contribution in [-0.2, 0) is 13.0 Å². The maximum atomic E-state index is 11.1. The lowest BCUT2D eigenvalue weighted by Crippen LogP contribution is -2.07. The summed E-state index contributed by atoms with van der Waals surface area (Å²) in [6.45, 7) is 0.431. The normalized spacial score (nSPS) is 10.7. The van der Waals surface area contributed by atoms with E-state index in [4.69, 9.17) is 0 Å². The van der Waals surface area contributed by atoms with Crippen molar-refractivity contribution in [2.24, 2.45) is 0 Å². The van der Waals surface area contributed by atoms with E-state index in [-0.39, 0.29) is 10.6 Å². The molecule has 3 aromatic rings. The van der Waals surface area contributed by atoms with Gasteiger partial charge in [-0.05, 0) is 17.7 Å². The van der Waals surface area contributed by atoms with Gasteiger partial charge in [0.2, 0.25) is 0 Å². The first-order valence-electron chi connectivity index (χ1n) is 7.10. The van der Waals surface area contributed by atoms with E-state index in [0.717, 1.165) is 15.9 Å². The molecule has 0 aliphatic carbocycles. The molecule has 23 heavy (non-hydrogen) atoms. The minimum Gasteiger partial charge on any atom is -0.330 e. The zero-order chi connectivity index (χ0) is 16.2. The number of hydrogen-bond donors (Lipinski definition) is 0. The van der Waals surface area contributed by atoms with Crippen molar-refractivity contribution in [3.8, 4) is 0 Å². The lowest BCUT2D eigenvalue weighted by atomic mass is 10.1. The van der Waals surface area contributed by atoms with Crippen molar-refractivity contribution in [1.29, 1.82) is 0 Å². The highest BCUT2D eigenvalue weighted by Crippen LogP contribution is 2.20. The van der Waals surface area contributed by atoms with E-state index in [1.54, 1.807) is 18.3 Å². The summed E-state index contributed by atoms with van der Waals surface area (Å²) in [4.78, 5) is 15.2. The molecule has 0 aliphatic heterocycles. The first kappa shape index (κ1) is 15.4. The van der Waals surface area contributed by atoms with E-state index in [1.807, 2.05) is 41.1 Å². The Morgan fingerprint density at radius 3 is 2.78 bits per heavy atom. The smallest absolute Gasteiger partial charge is 0.274 e. The Bertz CT molecular complexity index is 845. The summed E-state index contributed by atoms with van der Waals surface area (Å²) in [5, 5.41) is 11.1. The van der Waals surface area contributed by atoms with Gasteiger partial charge in [0, 0.05) is 34.9 Å². The zero-order valence-corrected chi connectivity index (χ0v) is 13.8. The number of benzene rings is 2. The van der Waals surface area contributed by atoms with Gasteiger partial charge in [0.1, 0.15) is 5.82 Å². The lowest BCUT2D eigenvalue weighted by Gasteiger charge is -2.09. The monoisotopic (exact) mass is 371 g/mol. The van der Waals surface area contributed by atoms with Crippen LogP contribution in [0.2, 0.25) is 0 Å². The van der Waals surface area contributed by atoms with Gasteiger partial charge in [-0.25, -0.2) is 4.98 Å². The second-order valence-corrected chi connectivity index (χ2v) is 6.08. The molecule has 0 atom stereocenters. The second-order valence-electron chi connectivity index (χ2n) is 5.16. The van der Waals surface area contributed by atoms with Crippen molar-refractivity contribution in [2.75, 3.05) is 0 Å². The minimum absolute atomic E-state index is 0.134. The van der Waals surface area contributed by atoms with Gasteiger partial charge < -0.3 is 4.57 Å². The fourth-order valence-electron chi connectivity index (χ4n) is 2.49. The topological polar surface area (TPSA) is 61.0 Å². The van der Waals surface area contributed by atoms with Crippen LogP contribution in [0.5, 0.6) is 0 Å². The fraction of sp³-hybridized carbons (Fsp3) is 0.118. The third-order valence-corrected chi connectivity index (χ3v) is 4.08. The molecule has 0 radical (unpaired) electrons. The second kappa shape index (κ2) is 6.75. The van der Waals surface area contributed by atoms with Crippen molar-refractivity contribution in [3.63, 3.8) is 0 Å². The Hall–Kier alpha value is -2.47. The van der Waals surface area contributed by atoms with Crippen LogP contribution in [0.4, 0.5) is 5.69 Å². The predicted molar refractivity (Wildman–Crippen MR) is 91.4 cm³/mol. The summed E-state index contributed by atoms with van der Waals surface area (Å²) < 4.78 is 2.97. The van der Waals surface area contributed by atoms with Crippen LogP contribution < -0.4 is 0 Å². The Balaban J connectivity index is 1.86. The van der Waals surface area contributed by atoms with Crippen molar-refractivity contribution in [3.05, 3.63) is 92.5 Å². The summed E-state index contributed by atoms with van der Waals surface area (Å²) in [7, 11) is 0. The van der Waals surface area contributed by atoms with Gasteiger partial charge >= 0.3 is 0 Å². The molecule has 0 fully saturated rings. The summed E-state index contributed by atoms with van der Waals surface area (Å²) in [6.07, 6.45) is 4.25. The number of imidazole rings is 1. The van der Waals surface area contributed by atoms with E-state index in [2.05, 4.69) is 20.9 Å². The minimum atomic E-state index is -0.347. The standard InChI is InChI=1S/C17H14BrN3O2/c18-15-6-3-4-13(10-15)11-17-19-8-9-20(17)12-14-5-1-2-7-16(14)21(22)23/h1-10H,11-12H2. The third kappa shape index (κ3) is 3.65. The first-order valence-corrected chi connectivity index (χ1v) is 7.89. The number of nitrogens with zero attached hydrogens (tertiary/aromatic N) is 3. The van der Waals surface area contributed by atoms with Crippen molar-refractivity contribution >= 4 is 21.6 Å². The quantitative estimate of drug-likeness (QED) is 0.498. The summed E-state index contributed by atoms with van der Waals surface area (Å²) in [5.74, 6) is 0.876. The molecule has 1 aromatic heterocycles. The summed E-state index contributed by atoms with van der Waals surface area (Å²) >= 11 is 3.46. The average molecular weight is 372 g/mol. The average Bonchev–Trinajstić information content (AvgIpc) is 2.94. The number of halogens is 1. The highest BCUT2D eigenvalue weighted by Gasteiger charge is 2.14. The number of hydrogen-bond acceptors (Lipinski definition) is 3. The maximum absolute atomic E-state index is 11.1. The predicted octanol–water partition coefficient (Wildman–Crippen LogP) is 4.19. The number of rotatable bonds is 5. The van der Waals surface area contributed by atoms with Crippen LogP contribution in [0.1, 0.15) is 17.0 Å². The van der Waals surface area contributed by atoms with Crippen LogP contribution >= 0.6 is 15.9 Å². The van der Waals surface area contributed by atoms with E-state index in [1.165, 1.54) is 6.07 Å². The zero-order valence-electron chi connectivity index (χ0n) is 12.2. The fourth-order valence-corrected chi connectivity index (χ4v) is 2.93. The Morgan fingerprint density at radius 1 is 1.17 bits per heavy atom. The third-order valence-electron chi connectivity index (χ3n) is 3.58. The molecule has 0 aliphatic rings. The van der Waals surface area contributed by atoms with Gasteiger partial charge in [0.25, 0.3) is 5.69 Å². The van der Waals surface area contributed by atoms with Crippen LogP contribution in [-0.4, -0.2) is 14.5 Å². The van der Waals surface area contributed by atoms with Gasteiger partial charge in [0.15, 0.2) is 0 Å². The number of aromatic nitrogens is 2. The molecule has 0 saturated heterocycles. The summed E-state index contributed by atoms with van der Waals surface area (Å²) in [6, 6.07) is 14.8. The first-order chi connectivity index (χ1) is 11.1. The van der Waals surface area contributed by atoms with Gasteiger partial charge in [-0.2, -0.15) is 0 Å². The number of nitro groups is 1. The molecule has 0 amide bonds. The van der Waals surface area contributed by atoms with E-state index >= 15 is 0 Å². The molecule has 3 rings (SSSR count). The molecule has 6 heteroatoms. The van der Waals surface area contributed by atoms with Crippen molar-refractivity contribution in [2.45, 2.75) is 13.0 Å². The van der Waals surface area contributed by atoms with Crippen molar-refractivity contribution in [1.82, 2.24) is 9.55 Å². The Morgan fingerprint density at radius 2 is 2.00 bits per heavy atom. The Kier molecular flexibility index (Phi) is 4.52. The van der Waals surface area contributed by atoms with E-state index < -0.39 is 0 Å². The van der Waals surface area contributed by atoms with E-state index in [0.29, 0.717) is 18.5 Å². The number of para-hydroxylation sites is 1. The molecule has 0 spiro atoms. The number of nitro benzene ring substituents is 1. The summed E-state index contributed by atoms with van der Waals surface area (Å²) in [5.41, 5.74) is 1.94. The molecule has 0 unspecified atom stereocenters. The molecule has 1 heterocycles. The highest BCUT2D eigenvalue weighted by atomic mass is 79.9. The lowest BCUT2D eigenvalue weighted by molar-refractivity contribution is -0.385. The van der Waals surface area contributed by atoms with Gasteiger partial charge in [0.05, 0.1) is 11.5 Å². The van der Waals surface area contributed by atoms with Crippen LogP contribution in [0.3, 0.4) is 0 Å². The highest BCUT2D eigenvalue weighted by molar-refractivity contribution is 9.10.